The smallest absolute Gasteiger partial charge is 0.191 e. The second-order valence-corrected chi connectivity index (χ2v) is 7.96. The van der Waals surface area contributed by atoms with Crippen molar-refractivity contribution in [3.63, 3.8) is 0 Å². The monoisotopic (exact) mass is 386 g/mol. The number of guanidine groups is 1. The Hall–Kier alpha value is -1.82. The molecule has 2 fully saturated rings. The van der Waals surface area contributed by atoms with Gasteiger partial charge in [0.1, 0.15) is 5.82 Å². The first-order valence-electron chi connectivity index (χ1n) is 11.2. The normalized spacial score (nSPS) is 21.2. The maximum atomic E-state index is 4.81. The first-order valence-corrected chi connectivity index (χ1v) is 11.2. The Morgan fingerprint density at radius 1 is 1.18 bits per heavy atom. The highest BCUT2D eigenvalue weighted by Crippen LogP contribution is 2.26. The molecule has 156 valence electrons. The van der Waals surface area contributed by atoms with E-state index in [0.29, 0.717) is 12.6 Å². The largest absolute Gasteiger partial charge is 0.357 e. The number of nitrogens with one attached hydrogen (secondary N) is 2. The Labute approximate surface area is 170 Å². The van der Waals surface area contributed by atoms with Crippen LogP contribution in [0.5, 0.6) is 0 Å². The predicted octanol–water partition coefficient (Wildman–Crippen LogP) is 3.00. The van der Waals surface area contributed by atoms with Crippen LogP contribution in [0.1, 0.15) is 58.4 Å². The van der Waals surface area contributed by atoms with Crippen molar-refractivity contribution in [2.24, 2.45) is 4.99 Å². The fourth-order valence-electron chi connectivity index (χ4n) is 4.43. The van der Waals surface area contributed by atoms with Crippen molar-refractivity contribution in [1.82, 2.24) is 20.5 Å². The van der Waals surface area contributed by atoms with Crippen LogP contribution in [0.3, 0.4) is 0 Å². The van der Waals surface area contributed by atoms with Crippen molar-refractivity contribution in [1.29, 1.82) is 0 Å². The van der Waals surface area contributed by atoms with E-state index in [-0.39, 0.29) is 0 Å². The highest BCUT2D eigenvalue weighted by Gasteiger charge is 2.30. The molecule has 0 aromatic carbocycles. The Bertz CT molecular complexity index is 604. The third-order valence-electron chi connectivity index (χ3n) is 6.06. The topological polar surface area (TPSA) is 55.8 Å². The molecule has 1 aromatic rings. The van der Waals surface area contributed by atoms with Gasteiger partial charge in [-0.3, -0.25) is 4.90 Å². The van der Waals surface area contributed by atoms with Gasteiger partial charge in [0, 0.05) is 51.0 Å². The van der Waals surface area contributed by atoms with Crippen molar-refractivity contribution in [2.75, 3.05) is 37.6 Å². The number of likely N-dealkylation sites (tertiary alicyclic amines) is 1. The molecule has 1 unspecified atom stereocenters. The first kappa shape index (κ1) is 20.9. The zero-order valence-corrected chi connectivity index (χ0v) is 18.0. The molecule has 0 amide bonds. The van der Waals surface area contributed by atoms with Gasteiger partial charge in [-0.2, -0.15) is 0 Å². The van der Waals surface area contributed by atoms with Crippen LogP contribution < -0.4 is 15.5 Å². The number of rotatable bonds is 8. The van der Waals surface area contributed by atoms with Gasteiger partial charge in [-0.15, -0.1) is 0 Å². The summed E-state index contributed by atoms with van der Waals surface area (Å²) in [6, 6.07) is 5.57. The van der Waals surface area contributed by atoms with Gasteiger partial charge in [0.25, 0.3) is 0 Å². The molecule has 0 bridgehead atoms. The molecule has 1 aliphatic carbocycles. The van der Waals surface area contributed by atoms with Gasteiger partial charge in [-0.05, 0) is 51.7 Å². The maximum absolute atomic E-state index is 4.81. The Kier molecular flexibility index (Phi) is 7.95. The molecule has 1 aliphatic heterocycles. The molecule has 1 aromatic heterocycles. The van der Waals surface area contributed by atoms with Crippen LogP contribution in [0.2, 0.25) is 0 Å². The minimum absolute atomic E-state index is 0.501. The number of hydrogen-bond acceptors (Lipinski definition) is 4. The minimum Gasteiger partial charge on any atom is -0.357 e. The van der Waals surface area contributed by atoms with Gasteiger partial charge in [0.15, 0.2) is 5.96 Å². The Balaban J connectivity index is 1.54. The zero-order valence-electron chi connectivity index (χ0n) is 18.0. The number of anilines is 1. The highest BCUT2D eigenvalue weighted by atomic mass is 15.3. The standard InChI is InChI=1S/C22H38N6/c1-4-23-22(26-19-13-14-28(17-19)20-9-7-8-10-20)25-16-18-11-12-21(24-15-18)27(5-2)6-3/h11-12,15,19-20H,4-10,13-14,16-17H2,1-3H3,(H2,23,25,26). The van der Waals surface area contributed by atoms with Crippen LogP contribution >= 0.6 is 0 Å². The molecule has 1 saturated carbocycles. The van der Waals surface area contributed by atoms with E-state index in [9.17, 15) is 0 Å². The summed E-state index contributed by atoms with van der Waals surface area (Å²) in [7, 11) is 0. The van der Waals surface area contributed by atoms with Crippen LogP contribution in [-0.4, -0.2) is 60.7 Å². The summed E-state index contributed by atoms with van der Waals surface area (Å²) >= 11 is 0. The van der Waals surface area contributed by atoms with Gasteiger partial charge in [-0.25, -0.2) is 9.98 Å². The number of aliphatic imine (C=N–C) groups is 1. The minimum atomic E-state index is 0.501. The maximum Gasteiger partial charge on any atom is 0.191 e. The average molecular weight is 387 g/mol. The van der Waals surface area contributed by atoms with E-state index in [4.69, 9.17) is 4.99 Å². The van der Waals surface area contributed by atoms with Crippen LogP contribution in [-0.2, 0) is 6.54 Å². The van der Waals surface area contributed by atoms with Gasteiger partial charge in [0.2, 0.25) is 0 Å². The highest BCUT2D eigenvalue weighted by molar-refractivity contribution is 5.80. The lowest BCUT2D eigenvalue weighted by Crippen LogP contribution is -2.45. The first-order chi connectivity index (χ1) is 13.7. The molecule has 2 aliphatic rings. The average Bonchev–Trinajstić information content (AvgIpc) is 3.40. The predicted molar refractivity (Wildman–Crippen MR) is 118 cm³/mol. The van der Waals surface area contributed by atoms with E-state index in [1.807, 2.05) is 6.20 Å². The third-order valence-corrected chi connectivity index (χ3v) is 6.06. The lowest BCUT2D eigenvalue weighted by atomic mass is 10.2. The van der Waals surface area contributed by atoms with E-state index in [1.165, 1.54) is 38.6 Å². The third kappa shape index (κ3) is 5.60. The number of aromatic nitrogens is 1. The number of hydrogen-bond donors (Lipinski definition) is 2. The van der Waals surface area contributed by atoms with E-state index < -0.39 is 0 Å². The fourth-order valence-corrected chi connectivity index (χ4v) is 4.43. The zero-order chi connectivity index (χ0) is 19.8. The lowest BCUT2D eigenvalue weighted by molar-refractivity contribution is 0.242. The molecule has 6 heteroatoms. The van der Waals surface area contributed by atoms with E-state index in [1.54, 1.807) is 0 Å². The van der Waals surface area contributed by atoms with Crippen molar-refractivity contribution in [2.45, 2.75) is 71.5 Å². The molecule has 1 atom stereocenters. The molecular weight excluding hydrogens is 348 g/mol. The summed E-state index contributed by atoms with van der Waals surface area (Å²) in [4.78, 5) is 14.4. The van der Waals surface area contributed by atoms with Gasteiger partial charge < -0.3 is 15.5 Å². The van der Waals surface area contributed by atoms with Gasteiger partial charge in [-0.1, -0.05) is 18.9 Å². The molecule has 2 N–H and O–H groups in total. The second kappa shape index (κ2) is 10.6. The lowest BCUT2D eigenvalue weighted by Gasteiger charge is -2.24. The number of pyridine rings is 1. The Morgan fingerprint density at radius 2 is 1.96 bits per heavy atom. The van der Waals surface area contributed by atoms with E-state index in [2.05, 4.69) is 58.3 Å². The molecule has 1 saturated heterocycles. The summed E-state index contributed by atoms with van der Waals surface area (Å²) in [5.41, 5.74) is 1.15. The molecule has 0 spiro atoms. The van der Waals surface area contributed by atoms with Crippen molar-refractivity contribution in [3.8, 4) is 0 Å². The van der Waals surface area contributed by atoms with Crippen LogP contribution in [0, 0.1) is 0 Å². The van der Waals surface area contributed by atoms with Crippen molar-refractivity contribution < 1.29 is 0 Å². The van der Waals surface area contributed by atoms with Gasteiger partial charge >= 0.3 is 0 Å². The van der Waals surface area contributed by atoms with Crippen LogP contribution in [0.4, 0.5) is 5.82 Å². The summed E-state index contributed by atoms with van der Waals surface area (Å²) in [6.45, 7) is 12.3. The molecule has 2 heterocycles. The summed E-state index contributed by atoms with van der Waals surface area (Å²) in [6.07, 6.45) is 8.75. The molecular formula is C22H38N6. The van der Waals surface area contributed by atoms with Crippen molar-refractivity contribution >= 4 is 11.8 Å². The summed E-state index contributed by atoms with van der Waals surface area (Å²) in [5.74, 6) is 1.97. The van der Waals surface area contributed by atoms with Crippen LogP contribution in [0.15, 0.2) is 23.3 Å². The second-order valence-electron chi connectivity index (χ2n) is 7.96. The van der Waals surface area contributed by atoms with E-state index >= 15 is 0 Å². The van der Waals surface area contributed by atoms with E-state index in [0.717, 1.165) is 49.6 Å². The molecule has 3 rings (SSSR count). The fraction of sp³-hybridized carbons (Fsp3) is 0.727. The summed E-state index contributed by atoms with van der Waals surface area (Å²) < 4.78 is 0. The molecule has 28 heavy (non-hydrogen) atoms. The molecule has 6 nitrogen and oxygen atoms in total. The summed E-state index contributed by atoms with van der Waals surface area (Å²) in [5, 5.41) is 7.06. The Morgan fingerprint density at radius 3 is 2.61 bits per heavy atom. The van der Waals surface area contributed by atoms with Crippen LogP contribution in [0.25, 0.3) is 0 Å². The SMILES string of the molecule is CCNC(=NCc1ccc(N(CC)CC)nc1)NC1CCN(C2CCCC2)C1. The quantitative estimate of drug-likeness (QED) is 0.531. The molecule has 0 radical (unpaired) electrons. The van der Waals surface area contributed by atoms with Gasteiger partial charge in [0.05, 0.1) is 6.54 Å². The number of nitrogens with zero attached hydrogens (tertiary/aromatic N) is 4. The van der Waals surface area contributed by atoms with Crippen molar-refractivity contribution in [3.05, 3.63) is 23.9 Å².